The molecule has 1 amide bonds. The van der Waals surface area contributed by atoms with E-state index < -0.39 is 17.9 Å². The molecule has 1 N–H and O–H groups in total. The van der Waals surface area contributed by atoms with Gasteiger partial charge in [-0.3, -0.25) is 9.36 Å². The maximum Gasteiger partial charge on any atom is 0.450 e. The zero-order chi connectivity index (χ0) is 23.0. The number of hydrogen-bond acceptors (Lipinski definition) is 5. The number of nitrogens with zero attached hydrogens (tertiary/aromatic N) is 4. The van der Waals surface area contributed by atoms with E-state index in [0.29, 0.717) is 11.3 Å². The summed E-state index contributed by atoms with van der Waals surface area (Å²) in [6.45, 7) is 3.75. The van der Waals surface area contributed by atoms with Crippen LogP contribution in [0.4, 0.5) is 19.0 Å². The molecule has 7 nitrogen and oxygen atoms in total. The molecule has 0 aliphatic rings. The molecule has 4 rings (SSSR count). The summed E-state index contributed by atoms with van der Waals surface area (Å²) in [6, 6.07) is 9.80. The molecular formula is C22H18F3N5O2. The zero-order valence-electron chi connectivity index (χ0n) is 17.4. The summed E-state index contributed by atoms with van der Waals surface area (Å²) in [5.74, 6) is -1.13. The molecule has 0 aliphatic carbocycles. The molecule has 0 bridgehead atoms. The highest BCUT2D eigenvalue weighted by atomic mass is 19.4. The molecule has 2 heterocycles. The lowest BCUT2D eigenvalue weighted by molar-refractivity contribution is -0.145. The van der Waals surface area contributed by atoms with E-state index >= 15 is 0 Å². The Morgan fingerprint density at radius 2 is 1.75 bits per heavy atom. The Kier molecular flexibility index (Phi) is 5.29. The number of nitrogens with one attached hydrogen (secondary N) is 1. The molecule has 2 aromatic heterocycles. The van der Waals surface area contributed by atoms with E-state index in [9.17, 15) is 18.0 Å². The number of aryl methyl sites for hydroxylation is 2. The van der Waals surface area contributed by atoms with Crippen LogP contribution in [-0.4, -0.2) is 32.5 Å². The first kappa shape index (κ1) is 21.3. The first-order valence-corrected chi connectivity index (χ1v) is 9.51. The zero-order valence-corrected chi connectivity index (χ0v) is 17.4. The number of fused-ring (bicyclic) bond motifs is 1. The standard InChI is InChI=1S/C22H18F3N5O2/c1-12-6-13(2)8-14(7-12)20(31)29-18-10-27-19(11-26-18)30-17-5-4-15(32-3)9-16(17)28-21(30)22(23,24)25/h4-11H,1-3H3,(H,26,29,31). The number of benzene rings is 2. The Balaban J connectivity index is 1.69. The SMILES string of the molecule is COc1ccc2c(c1)nc(C(F)(F)F)n2-c1cnc(NC(=O)c2cc(C)cc(C)c2)cn1. The van der Waals surface area contributed by atoms with Gasteiger partial charge in [0.15, 0.2) is 11.6 Å². The number of amides is 1. The van der Waals surface area contributed by atoms with Gasteiger partial charge < -0.3 is 10.1 Å². The molecule has 164 valence electrons. The fraction of sp³-hybridized carbons (Fsp3) is 0.182. The third-order valence-corrected chi connectivity index (χ3v) is 4.71. The van der Waals surface area contributed by atoms with Crippen LogP contribution in [0.15, 0.2) is 48.8 Å². The van der Waals surface area contributed by atoms with Gasteiger partial charge in [-0.05, 0) is 38.1 Å². The third-order valence-electron chi connectivity index (χ3n) is 4.71. The third kappa shape index (κ3) is 4.11. The van der Waals surface area contributed by atoms with Crippen molar-refractivity contribution in [2.24, 2.45) is 0 Å². The molecule has 0 atom stereocenters. The molecule has 0 radical (unpaired) electrons. The van der Waals surface area contributed by atoms with E-state index in [1.165, 1.54) is 31.5 Å². The number of rotatable bonds is 4. The van der Waals surface area contributed by atoms with Gasteiger partial charge in [-0.1, -0.05) is 17.2 Å². The Hall–Kier alpha value is -3.95. The van der Waals surface area contributed by atoms with Crippen LogP contribution in [-0.2, 0) is 6.18 Å². The fourth-order valence-corrected chi connectivity index (χ4v) is 3.40. The summed E-state index contributed by atoms with van der Waals surface area (Å²) >= 11 is 0. The Bertz CT molecular complexity index is 1290. The second-order valence-corrected chi connectivity index (χ2v) is 7.21. The molecule has 2 aromatic carbocycles. The van der Waals surface area contributed by atoms with Crippen molar-refractivity contribution in [2.75, 3.05) is 12.4 Å². The molecule has 0 aliphatic heterocycles. The molecule has 0 unspecified atom stereocenters. The highest BCUT2D eigenvalue weighted by Gasteiger charge is 2.38. The van der Waals surface area contributed by atoms with Gasteiger partial charge in [0, 0.05) is 11.6 Å². The van der Waals surface area contributed by atoms with Crippen molar-refractivity contribution in [1.29, 1.82) is 0 Å². The van der Waals surface area contributed by atoms with Gasteiger partial charge in [-0.2, -0.15) is 13.2 Å². The first-order chi connectivity index (χ1) is 15.2. The maximum absolute atomic E-state index is 13.6. The molecule has 0 saturated heterocycles. The molecular weight excluding hydrogens is 423 g/mol. The minimum atomic E-state index is -4.72. The van der Waals surface area contributed by atoms with Crippen molar-refractivity contribution in [1.82, 2.24) is 19.5 Å². The van der Waals surface area contributed by atoms with Crippen LogP contribution in [0.5, 0.6) is 5.75 Å². The van der Waals surface area contributed by atoms with Gasteiger partial charge in [0.05, 0.1) is 30.5 Å². The van der Waals surface area contributed by atoms with Gasteiger partial charge in [-0.25, -0.2) is 15.0 Å². The van der Waals surface area contributed by atoms with Crippen molar-refractivity contribution in [2.45, 2.75) is 20.0 Å². The summed E-state index contributed by atoms with van der Waals surface area (Å²) in [4.78, 5) is 24.4. The summed E-state index contributed by atoms with van der Waals surface area (Å²) in [7, 11) is 1.42. The minimum absolute atomic E-state index is 0.0885. The predicted octanol–water partition coefficient (Wildman–Crippen LogP) is 4.71. The summed E-state index contributed by atoms with van der Waals surface area (Å²) < 4.78 is 46.9. The van der Waals surface area contributed by atoms with Gasteiger partial charge >= 0.3 is 6.18 Å². The number of halogens is 3. The number of carbonyl (C=O) groups is 1. The topological polar surface area (TPSA) is 81.9 Å². The second kappa shape index (κ2) is 7.95. The Morgan fingerprint density at radius 1 is 1.03 bits per heavy atom. The predicted molar refractivity (Wildman–Crippen MR) is 112 cm³/mol. The van der Waals surface area contributed by atoms with Crippen LogP contribution in [0, 0.1) is 13.8 Å². The number of carbonyl (C=O) groups excluding carboxylic acids is 1. The van der Waals surface area contributed by atoms with Crippen molar-refractivity contribution >= 4 is 22.8 Å². The van der Waals surface area contributed by atoms with Crippen LogP contribution in [0.3, 0.4) is 0 Å². The van der Waals surface area contributed by atoms with E-state index in [2.05, 4.69) is 20.3 Å². The monoisotopic (exact) mass is 441 g/mol. The number of aromatic nitrogens is 4. The van der Waals surface area contributed by atoms with Crippen LogP contribution < -0.4 is 10.1 Å². The van der Waals surface area contributed by atoms with E-state index in [1.807, 2.05) is 19.9 Å². The van der Waals surface area contributed by atoms with Crippen molar-refractivity contribution in [3.05, 3.63) is 71.3 Å². The number of anilines is 1. The molecule has 32 heavy (non-hydrogen) atoms. The minimum Gasteiger partial charge on any atom is -0.497 e. The number of alkyl halides is 3. The van der Waals surface area contributed by atoms with Crippen molar-refractivity contribution in [3.8, 4) is 11.6 Å². The van der Waals surface area contributed by atoms with E-state index in [1.54, 1.807) is 12.1 Å². The molecule has 4 aromatic rings. The van der Waals surface area contributed by atoms with Crippen molar-refractivity contribution in [3.63, 3.8) is 0 Å². The van der Waals surface area contributed by atoms with Crippen LogP contribution in [0.2, 0.25) is 0 Å². The lowest BCUT2D eigenvalue weighted by Gasteiger charge is -2.11. The second-order valence-electron chi connectivity index (χ2n) is 7.21. The lowest BCUT2D eigenvalue weighted by atomic mass is 10.1. The van der Waals surface area contributed by atoms with Crippen LogP contribution in [0.25, 0.3) is 16.9 Å². The lowest BCUT2D eigenvalue weighted by Crippen LogP contribution is -2.16. The molecule has 0 spiro atoms. The molecule has 10 heteroatoms. The normalized spacial score (nSPS) is 11.6. The summed E-state index contributed by atoms with van der Waals surface area (Å²) in [5, 5.41) is 2.61. The quantitative estimate of drug-likeness (QED) is 0.496. The molecule has 0 saturated carbocycles. The van der Waals surface area contributed by atoms with Gasteiger partial charge in [0.1, 0.15) is 5.75 Å². The Labute approximate surface area is 180 Å². The average molecular weight is 441 g/mol. The maximum atomic E-state index is 13.6. The fourth-order valence-electron chi connectivity index (χ4n) is 3.40. The van der Waals surface area contributed by atoms with Crippen molar-refractivity contribution < 1.29 is 22.7 Å². The largest absolute Gasteiger partial charge is 0.497 e. The van der Waals surface area contributed by atoms with E-state index in [4.69, 9.17) is 4.74 Å². The van der Waals surface area contributed by atoms with Gasteiger partial charge in [0.2, 0.25) is 5.82 Å². The Morgan fingerprint density at radius 3 is 2.34 bits per heavy atom. The first-order valence-electron chi connectivity index (χ1n) is 9.51. The van der Waals surface area contributed by atoms with Crippen LogP contribution in [0.1, 0.15) is 27.3 Å². The highest BCUT2D eigenvalue weighted by Crippen LogP contribution is 2.34. The van der Waals surface area contributed by atoms with Gasteiger partial charge in [-0.15, -0.1) is 0 Å². The molecule has 0 fully saturated rings. The highest BCUT2D eigenvalue weighted by molar-refractivity contribution is 6.03. The summed E-state index contributed by atoms with van der Waals surface area (Å²) in [6.07, 6.45) is -2.37. The van der Waals surface area contributed by atoms with Gasteiger partial charge in [0.25, 0.3) is 5.91 Å². The number of ether oxygens (including phenoxy) is 1. The van der Waals surface area contributed by atoms with Crippen LogP contribution >= 0.6 is 0 Å². The average Bonchev–Trinajstić information content (AvgIpc) is 3.13. The van der Waals surface area contributed by atoms with E-state index in [-0.39, 0.29) is 22.7 Å². The smallest absolute Gasteiger partial charge is 0.450 e. The number of methoxy groups -OCH3 is 1. The number of hydrogen-bond donors (Lipinski definition) is 1. The summed E-state index contributed by atoms with van der Waals surface area (Å²) in [5.41, 5.74) is 2.60. The number of imidazole rings is 1. The van der Waals surface area contributed by atoms with E-state index in [0.717, 1.165) is 21.9 Å².